The topological polar surface area (TPSA) is 150 Å². The third-order valence-corrected chi connectivity index (χ3v) is 6.09. The number of nitrogens with one attached hydrogen (secondary N) is 1. The Labute approximate surface area is 187 Å². The number of hydrogen-bond acceptors (Lipinski definition) is 10. The van der Waals surface area contributed by atoms with Crippen LogP contribution in [0.1, 0.15) is 20.8 Å². The Morgan fingerprint density at radius 2 is 1.81 bits per heavy atom. The van der Waals surface area contributed by atoms with Crippen molar-refractivity contribution < 1.29 is 47.1 Å². The van der Waals surface area contributed by atoms with Gasteiger partial charge in [-0.3, -0.25) is 4.79 Å². The van der Waals surface area contributed by atoms with Crippen LogP contribution in [-0.2, 0) is 33.8 Å². The van der Waals surface area contributed by atoms with Crippen LogP contribution in [0.3, 0.4) is 0 Å². The molecule has 1 aromatic rings. The summed E-state index contributed by atoms with van der Waals surface area (Å²) in [6.07, 6.45) is -3.84. The summed E-state index contributed by atoms with van der Waals surface area (Å²) in [7, 11) is -3.11. The Bertz CT molecular complexity index is 842. The van der Waals surface area contributed by atoms with Gasteiger partial charge in [-0.1, -0.05) is 0 Å². The summed E-state index contributed by atoms with van der Waals surface area (Å²) in [4.78, 5) is 12.3. The number of hydrogen-bond donors (Lipinski definition) is 3. The van der Waals surface area contributed by atoms with Gasteiger partial charge in [0.25, 0.3) is 0 Å². The summed E-state index contributed by atoms with van der Waals surface area (Å²) in [5, 5.41) is 19.4. The van der Waals surface area contributed by atoms with E-state index in [2.05, 4.69) is 4.72 Å². The van der Waals surface area contributed by atoms with E-state index in [9.17, 15) is 23.4 Å². The van der Waals surface area contributed by atoms with Crippen LogP contribution < -0.4 is 9.46 Å². The second-order valence-electron chi connectivity index (χ2n) is 7.45. The van der Waals surface area contributed by atoms with E-state index in [1.54, 1.807) is 0 Å². The third-order valence-electron chi connectivity index (χ3n) is 4.63. The lowest BCUT2D eigenvalue weighted by Gasteiger charge is -2.27. The molecule has 2 rings (SSSR count). The molecule has 11 nitrogen and oxygen atoms in total. The SMILES string of the molecule is CCOCCOc1ccc(S(=O)(=O)N[C@@H](C(=O)OC)[C@H]2OC(C)(C)O[C@@H]2[C@@H](O)CO)cc1. The average molecular weight is 478 g/mol. The van der Waals surface area contributed by atoms with Crippen molar-refractivity contribution in [1.82, 2.24) is 4.72 Å². The second kappa shape index (κ2) is 11.4. The first-order valence-electron chi connectivity index (χ1n) is 10.1. The van der Waals surface area contributed by atoms with E-state index in [1.165, 1.54) is 38.1 Å². The maximum absolute atomic E-state index is 12.9. The first-order valence-corrected chi connectivity index (χ1v) is 11.6. The van der Waals surface area contributed by atoms with Crippen LogP contribution in [0.5, 0.6) is 5.75 Å². The van der Waals surface area contributed by atoms with Crippen LogP contribution in [0, 0.1) is 0 Å². The largest absolute Gasteiger partial charge is 0.491 e. The Kier molecular flexibility index (Phi) is 9.40. The summed E-state index contributed by atoms with van der Waals surface area (Å²) in [5.74, 6) is -1.72. The quantitative estimate of drug-likeness (QED) is 0.273. The van der Waals surface area contributed by atoms with Crippen molar-refractivity contribution in [1.29, 1.82) is 0 Å². The van der Waals surface area contributed by atoms with E-state index in [4.69, 9.17) is 23.7 Å². The molecule has 0 radical (unpaired) electrons. The number of carbonyl (C=O) groups is 1. The number of methoxy groups -OCH3 is 1. The standard InChI is InChI=1S/C20H31NO10S/c1-5-28-10-11-29-13-6-8-14(9-7-13)32(25,26)21-16(19(24)27-4)18-17(15(23)12-22)30-20(2,3)31-18/h6-9,15-18,21-23H,5,10-12H2,1-4H3/t15-,16+,17+,18+/m0/s1. The fourth-order valence-corrected chi connectivity index (χ4v) is 4.36. The summed E-state index contributed by atoms with van der Waals surface area (Å²) in [6.45, 7) is 5.55. The van der Waals surface area contributed by atoms with Gasteiger partial charge in [0.2, 0.25) is 10.0 Å². The minimum absolute atomic E-state index is 0.124. The van der Waals surface area contributed by atoms with Gasteiger partial charge in [0, 0.05) is 6.61 Å². The summed E-state index contributed by atoms with van der Waals surface area (Å²) < 4.78 is 54.8. The molecule has 1 saturated heterocycles. The molecule has 4 atom stereocenters. The highest BCUT2D eigenvalue weighted by molar-refractivity contribution is 7.89. The van der Waals surface area contributed by atoms with Gasteiger partial charge in [-0.15, -0.1) is 0 Å². The van der Waals surface area contributed by atoms with E-state index in [1.807, 2.05) is 6.92 Å². The maximum atomic E-state index is 12.9. The maximum Gasteiger partial charge on any atom is 0.326 e. The Morgan fingerprint density at radius 3 is 2.38 bits per heavy atom. The minimum atomic E-state index is -4.20. The molecule has 182 valence electrons. The predicted octanol–water partition coefficient (Wildman–Crippen LogP) is -0.205. The zero-order valence-electron chi connectivity index (χ0n) is 18.5. The second-order valence-corrected chi connectivity index (χ2v) is 9.17. The number of carbonyl (C=O) groups excluding carboxylic acids is 1. The zero-order chi connectivity index (χ0) is 23.9. The fraction of sp³-hybridized carbons (Fsp3) is 0.650. The number of ether oxygens (including phenoxy) is 5. The molecule has 12 heteroatoms. The van der Waals surface area contributed by atoms with E-state index in [0.29, 0.717) is 25.6 Å². The van der Waals surface area contributed by atoms with E-state index < -0.39 is 52.7 Å². The predicted molar refractivity (Wildman–Crippen MR) is 111 cm³/mol. The summed E-state index contributed by atoms with van der Waals surface area (Å²) in [5.41, 5.74) is 0. The molecular weight excluding hydrogens is 446 g/mol. The number of sulfonamides is 1. The van der Waals surface area contributed by atoms with Gasteiger partial charge in [-0.05, 0) is 45.0 Å². The van der Waals surface area contributed by atoms with Crippen LogP contribution in [0.25, 0.3) is 0 Å². The monoisotopic (exact) mass is 477 g/mol. The molecule has 3 N–H and O–H groups in total. The van der Waals surface area contributed by atoms with Crippen molar-refractivity contribution >= 4 is 16.0 Å². The van der Waals surface area contributed by atoms with Crippen molar-refractivity contribution in [3.8, 4) is 5.75 Å². The molecule has 0 amide bonds. The first kappa shape index (κ1) is 26.5. The molecule has 1 heterocycles. The summed E-state index contributed by atoms with van der Waals surface area (Å²) >= 11 is 0. The molecule has 1 fully saturated rings. The molecular formula is C20H31NO10S. The Balaban J connectivity index is 2.21. The third kappa shape index (κ3) is 6.85. The Hall–Kier alpha value is -1.80. The van der Waals surface area contributed by atoms with Crippen molar-refractivity contribution in [3.63, 3.8) is 0 Å². The van der Waals surface area contributed by atoms with Crippen LogP contribution in [0.2, 0.25) is 0 Å². The highest BCUT2D eigenvalue weighted by Gasteiger charge is 2.51. The number of aliphatic hydroxyl groups is 2. The first-order chi connectivity index (χ1) is 15.0. The van der Waals surface area contributed by atoms with Crippen LogP contribution in [-0.4, -0.2) is 88.3 Å². The van der Waals surface area contributed by atoms with Gasteiger partial charge >= 0.3 is 5.97 Å². The molecule has 0 bridgehead atoms. The molecule has 1 aliphatic rings. The van der Waals surface area contributed by atoms with Gasteiger partial charge in [0.1, 0.15) is 36.7 Å². The highest BCUT2D eigenvalue weighted by atomic mass is 32.2. The van der Waals surface area contributed by atoms with Crippen molar-refractivity contribution in [3.05, 3.63) is 24.3 Å². The van der Waals surface area contributed by atoms with Crippen LogP contribution in [0.15, 0.2) is 29.2 Å². The van der Waals surface area contributed by atoms with Crippen molar-refractivity contribution in [2.75, 3.05) is 33.5 Å². The molecule has 0 aliphatic carbocycles. The highest BCUT2D eigenvalue weighted by Crippen LogP contribution is 2.32. The number of rotatable bonds is 12. The zero-order valence-corrected chi connectivity index (χ0v) is 19.3. The number of esters is 1. The van der Waals surface area contributed by atoms with Gasteiger partial charge < -0.3 is 33.9 Å². The minimum Gasteiger partial charge on any atom is -0.491 e. The molecule has 0 aromatic heterocycles. The van der Waals surface area contributed by atoms with Gasteiger partial charge in [-0.25, -0.2) is 8.42 Å². The molecule has 0 saturated carbocycles. The van der Waals surface area contributed by atoms with E-state index >= 15 is 0 Å². The molecule has 32 heavy (non-hydrogen) atoms. The van der Waals surface area contributed by atoms with Crippen LogP contribution >= 0.6 is 0 Å². The lowest BCUT2D eigenvalue weighted by atomic mass is 10.0. The average Bonchev–Trinajstić information content (AvgIpc) is 3.09. The lowest BCUT2D eigenvalue weighted by Crippen LogP contribution is -2.55. The smallest absolute Gasteiger partial charge is 0.326 e. The number of aliphatic hydroxyl groups excluding tert-OH is 2. The lowest BCUT2D eigenvalue weighted by molar-refractivity contribution is -0.161. The van der Waals surface area contributed by atoms with E-state index in [-0.39, 0.29) is 4.90 Å². The van der Waals surface area contributed by atoms with Gasteiger partial charge in [0.05, 0.1) is 25.2 Å². The fourth-order valence-electron chi connectivity index (χ4n) is 3.17. The van der Waals surface area contributed by atoms with Crippen LogP contribution in [0.4, 0.5) is 0 Å². The molecule has 0 unspecified atom stereocenters. The van der Waals surface area contributed by atoms with Gasteiger partial charge in [-0.2, -0.15) is 4.72 Å². The van der Waals surface area contributed by atoms with Gasteiger partial charge in [0.15, 0.2) is 5.79 Å². The molecule has 1 aromatic carbocycles. The van der Waals surface area contributed by atoms with Crippen molar-refractivity contribution in [2.24, 2.45) is 0 Å². The molecule has 1 aliphatic heterocycles. The van der Waals surface area contributed by atoms with Crippen molar-refractivity contribution in [2.45, 2.75) is 55.8 Å². The summed E-state index contributed by atoms with van der Waals surface area (Å²) in [6, 6.07) is 4.06. The molecule has 0 spiro atoms. The number of benzene rings is 1. The normalized spacial score (nSPS) is 22.3. The van der Waals surface area contributed by atoms with E-state index in [0.717, 1.165) is 7.11 Å². The Morgan fingerprint density at radius 1 is 1.19 bits per heavy atom.